The second-order valence-corrected chi connectivity index (χ2v) is 3.09. The first-order chi connectivity index (χ1) is 5.77. The van der Waals surface area contributed by atoms with Crippen LogP contribution in [-0.2, 0) is 0 Å². The maximum atomic E-state index is 11.0. The Balaban J connectivity index is 2.40. The summed E-state index contributed by atoms with van der Waals surface area (Å²) in [6, 6.07) is -0.256. The first-order valence-corrected chi connectivity index (χ1v) is 4.14. The molecule has 5 nitrogen and oxygen atoms in total. The molecule has 1 saturated heterocycles. The van der Waals surface area contributed by atoms with Gasteiger partial charge in [0.15, 0.2) is 0 Å². The zero-order valence-electron chi connectivity index (χ0n) is 6.99. The van der Waals surface area contributed by atoms with Crippen molar-refractivity contribution in [2.45, 2.75) is 12.8 Å². The van der Waals surface area contributed by atoms with Gasteiger partial charge >= 0.3 is 6.03 Å². The van der Waals surface area contributed by atoms with Gasteiger partial charge in [-0.2, -0.15) is 0 Å². The van der Waals surface area contributed by atoms with E-state index < -0.39 is 0 Å². The molecular formula is C7H15N3O2. The highest BCUT2D eigenvalue weighted by Crippen LogP contribution is 2.15. The molecule has 0 aliphatic carbocycles. The normalized spacial score (nSPS) is 23.8. The fourth-order valence-corrected chi connectivity index (χ4v) is 1.49. The third-order valence-corrected chi connectivity index (χ3v) is 2.19. The summed E-state index contributed by atoms with van der Waals surface area (Å²) < 4.78 is 0. The molecule has 0 bridgehead atoms. The molecule has 0 aromatic carbocycles. The number of nitrogens with two attached hydrogens (primary N) is 1. The van der Waals surface area contributed by atoms with Crippen LogP contribution < -0.4 is 11.3 Å². The Labute approximate surface area is 71.5 Å². The van der Waals surface area contributed by atoms with Gasteiger partial charge in [0.25, 0.3) is 0 Å². The molecule has 12 heavy (non-hydrogen) atoms. The summed E-state index contributed by atoms with van der Waals surface area (Å²) in [4.78, 5) is 12.7. The molecule has 1 fully saturated rings. The predicted octanol–water partition coefficient (Wildman–Crippen LogP) is -0.726. The van der Waals surface area contributed by atoms with Crippen molar-refractivity contribution in [3.05, 3.63) is 0 Å². The Morgan fingerprint density at radius 2 is 2.50 bits per heavy atom. The first kappa shape index (κ1) is 9.28. The van der Waals surface area contributed by atoms with E-state index in [0.717, 1.165) is 19.4 Å². The Bertz CT molecular complexity index is 163. The molecule has 70 valence electrons. The number of hydrogen-bond acceptors (Lipinski definition) is 3. The van der Waals surface area contributed by atoms with E-state index in [1.807, 2.05) is 0 Å². The van der Waals surface area contributed by atoms with E-state index in [9.17, 15) is 4.79 Å². The van der Waals surface area contributed by atoms with Crippen LogP contribution in [0.15, 0.2) is 0 Å². The Morgan fingerprint density at radius 3 is 3.08 bits per heavy atom. The summed E-state index contributed by atoms with van der Waals surface area (Å²) >= 11 is 0. The topological polar surface area (TPSA) is 78.6 Å². The van der Waals surface area contributed by atoms with Gasteiger partial charge in [-0.15, -0.1) is 0 Å². The van der Waals surface area contributed by atoms with E-state index in [-0.39, 0.29) is 18.6 Å². The number of carbonyl (C=O) groups is 1. The summed E-state index contributed by atoms with van der Waals surface area (Å²) in [5, 5.41) is 8.87. The Kier molecular flexibility index (Phi) is 3.31. The van der Waals surface area contributed by atoms with Crippen molar-refractivity contribution in [3.63, 3.8) is 0 Å². The van der Waals surface area contributed by atoms with E-state index in [4.69, 9.17) is 10.9 Å². The van der Waals surface area contributed by atoms with Gasteiger partial charge < -0.3 is 10.0 Å². The van der Waals surface area contributed by atoms with Gasteiger partial charge in [0.2, 0.25) is 0 Å². The van der Waals surface area contributed by atoms with Crippen molar-refractivity contribution in [3.8, 4) is 0 Å². The maximum Gasteiger partial charge on any atom is 0.331 e. The quantitative estimate of drug-likeness (QED) is 0.278. The molecule has 1 aliphatic heterocycles. The molecule has 2 amide bonds. The molecule has 0 saturated carbocycles. The lowest BCUT2D eigenvalue weighted by atomic mass is 9.99. The van der Waals surface area contributed by atoms with E-state index in [1.165, 1.54) is 0 Å². The lowest BCUT2D eigenvalue weighted by Gasteiger charge is -2.31. The molecule has 0 aromatic heterocycles. The van der Waals surface area contributed by atoms with Crippen molar-refractivity contribution in [2.75, 3.05) is 19.7 Å². The lowest BCUT2D eigenvalue weighted by molar-refractivity contribution is 0.129. The van der Waals surface area contributed by atoms with Crippen LogP contribution >= 0.6 is 0 Å². The number of carbonyl (C=O) groups excluding carboxylic acids is 1. The van der Waals surface area contributed by atoms with Crippen LogP contribution in [0.25, 0.3) is 0 Å². The molecule has 1 heterocycles. The molecule has 5 heteroatoms. The Morgan fingerprint density at radius 1 is 1.75 bits per heavy atom. The van der Waals surface area contributed by atoms with Crippen LogP contribution in [0, 0.1) is 5.92 Å². The van der Waals surface area contributed by atoms with E-state index in [1.54, 1.807) is 4.90 Å². The summed E-state index contributed by atoms with van der Waals surface area (Å²) in [6.07, 6.45) is 1.93. The smallest absolute Gasteiger partial charge is 0.331 e. The second-order valence-electron chi connectivity index (χ2n) is 3.09. The monoisotopic (exact) mass is 173 g/mol. The predicted molar refractivity (Wildman–Crippen MR) is 44.1 cm³/mol. The number of aliphatic hydroxyl groups excluding tert-OH is 1. The van der Waals surface area contributed by atoms with Gasteiger partial charge in [0.05, 0.1) is 0 Å². The molecular weight excluding hydrogens is 158 g/mol. The molecule has 0 aromatic rings. The third kappa shape index (κ3) is 2.09. The highest BCUT2D eigenvalue weighted by molar-refractivity contribution is 5.73. The molecule has 0 radical (unpaired) electrons. The number of likely N-dealkylation sites (tertiary alicyclic amines) is 1. The number of piperidine rings is 1. The van der Waals surface area contributed by atoms with Crippen LogP contribution in [0.4, 0.5) is 4.79 Å². The average molecular weight is 173 g/mol. The number of hydrogen-bond donors (Lipinski definition) is 3. The minimum absolute atomic E-state index is 0.147. The number of urea groups is 1. The SMILES string of the molecule is NNC(=O)N1CCCC(CO)C1. The molecule has 1 unspecified atom stereocenters. The summed E-state index contributed by atoms with van der Waals surface area (Å²) in [5.74, 6) is 5.20. The maximum absolute atomic E-state index is 11.0. The van der Waals surface area contributed by atoms with Gasteiger partial charge in [0.1, 0.15) is 0 Å². The first-order valence-electron chi connectivity index (χ1n) is 4.14. The van der Waals surface area contributed by atoms with Crippen LogP contribution in [0.2, 0.25) is 0 Å². The second kappa shape index (κ2) is 4.27. The van der Waals surface area contributed by atoms with Gasteiger partial charge in [0, 0.05) is 19.7 Å². The third-order valence-electron chi connectivity index (χ3n) is 2.19. The van der Waals surface area contributed by atoms with Crippen LogP contribution in [-0.4, -0.2) is 35.7 Å². The molecule has 1 rings (SSSR count). The number of hydrazine groups is 1. The number of rotatable bonds is 1. The molecule has 0 spiro atoms. The number of nitrogens with zero attached hydrogens (tertiary/aromatic N) is 1. The van der Waals surface area contributed by atoms with Gasteiger partial charge in [-0.1, -0.05) is 0 Å². The van der Waals surface area contributed by atoms with Crippen LogP contribution in [0.5, 0.6) is 0 Å². The van der Waals surface area contributed by atoms with E-state index >= 15 is 0 Å². The lowest BCUT2D eigenvalue weighted by Crippen LogP contribution is -2.48. The largest absolute Gasteiger partial charge is 0.396 e. The van der Waals surface area contributed by atoms with Gasteiger partial charge in [-0.25, -0.2) is 10.6 Å². The number of aliphatic hydroxyl groups is 1. The Hall–Kier alpha value is -0.810. The van der Waals surface area contributed by atoms with E-state index in [2.05, 4.69) is 5.43 Å². The van der Waals surface area contributed by atoms with Crippen molar-refractivity contribution < 1.29 is 9.90 Å². The zero-order chi connectivity index (χ0) is 8.97. The number of amides is 2. The highest BCUT2D eigenvalue weighted by atomic mass is 16.3. The molecule has 1 atom stereocenters. The van der Waals surface area contributed by atoms with Crippen molar-refractivity contribution in [1.82, 2.24) is 10.3 Å². The zero-order valence-corrected chi connectivity index (χ0v) is 6.99. The minimum atomic E-state index is -0.256. The fourth-order valence-electron chi connectivity index (χ4n) is 1.49. The standard InChI is InChI=1S/C7H15N3O2/c8-9-7(12)10-3-1-2-6(4-10)5-11/h6,11H,1-5,8H2,(H,9,12). The summed E-state index contributed by atoms with van der Waals surface area (Å²) in [6.45, 7) is 1.49. The fraction of sp³-hybridized carbons (Fsp3) is 0.857. The average Bonchev–Trinajstić information content (AvgIpc) is 2.17. The summed E-state index contributed by atoms with van der Waals surface area (Å²) in [7, 11) is 0. The van der Waals surface area contributed by atoms with Crippen LogP contribution in [0.1, 0.15) is 12.8 Å². The molecule has 1 aliphatic rings. The van der Waals surface area contributed by atoms with Gasteiger partial charge in [-0.05, 0) is 18.8 Å². The minimum Gasteiger partial charge on any atom is -0.396 e. The molecule has 4 N–H and O–H groups in total. The van der Waals surface area contributed by atoms with Crippen LogP contribution in [0.3, 0.4) is 0 Å². The van der Waals surface area contributed by atoms with Gasteiger partial charge in [-0.3, -0.25) is 5.43 Å². The number of nitrogens with one attached hydrogen (secondary N) is 1. The highest BCUT2D eigenvalue weighted by Gasteiger charge is 2.22. The van der Waals surface area contributed by atoms with E-state index in [0.29, 0.717) is 6.54 Å². The van der Waals surface area contributed by atoms with Crippen molar-refractivity contribution in [2.24, 2.45) is 11.8 Å². The van der Waals surface area contributed by atoms with Crippen molar-refractivity contribution >= 4 is 6.03 Å². The van der Waals surface area contributed by atoms with Crippen molar-refractivity contribution in [1.29, 1.82) is 0 Å². The summed E-state index contributed by atoms with van der Waals surface area (Å²) in [5.41, 5.74) is 2.08.